The van der Waals surface area contributed by atoms with Gasteiger partial charge in [0.2, 0.25) is 0 Å². The molecule has 0 aromatic heterocycles. The Morgan fingerprint density at radius 1 is 0.944 bits per heavy atom. The molecule has 0 nitrogen and oxygen atoms in total. The Morgan fingerprint density at radius 2 is 1.61 bits per heavy atom. The fraction of sp³-hybridized carbons (Fsp3) is 0.0769. The standard InChI is InChI=1S/C13H7ClF4/c14-9-5-1-4-8(13(17)18)11(9)7-3-2-6-10(15)12(7)16/h1-6,13H. The second kappa shape index (κ2) is 4.98. The molecule has 0 saturated carbocycles. The van der Waals surface area contributed by atoms with Gasteiger partial charge in [-0.25, -0.2) is 17.6 Å². The Kier molecular flexibility index (Phi) is 3.57. The Hall–Kier alpha value is -1.55. The lowest BCUT2D eigenvalue weighted by Crippen LogP contribution is -1.95. The van der Waals surface area contributed by atoms with Crippen LogP contribution >= 0.6 is 11.6 Å². The van der Waals surface area contributed by atoms with E-state index in [2.05, 4.69) is 0 Å². The first kappa shape index (κ1) is 12.9. The highest BCUT2D eigenvalue weighted by Crippen LogP contribution is 2.38. The van der Waals surface area contributed by atoms with Crippen molar-refractivity contribution in [2.75, 3.05) is 0 Å². The third-order valence-electron chi connectivity index (χ3n) is 2.50. The molecular formula is C13H7ClF4. The van der Waals surface area contributed by atoms with Gasteiger partial charge < -0.3 is 0 Å². The van der Waals surface area contributed by atoms with Crippen LogP contribution in [0, 0.1) is 11.6 Å². The lowest BCUT2D eigenvalue weighted by molar-refractivity contribution is 0.152. The molecule has 0 fully saturated rings. The number of benzene rings is 2. The molecular weight excluding hydrogens is 268 g/mol. The van der Waals surface area contributed by atoms with Gasteiger partial charge in [-0.2, -0.15) is 0 Å². The van der Waals surface area contributed by atoms with Gasteiger partial charge >= 0.3 is 0 Å². The van der Waals surface area contributed by atoms with Gasteiger partial charge in [0.15, 0.2) is 11.6 Å². The van der Waals surface area contributed by atoms with E-state index >= 15 is 0 Å². The normalized spacial score (nSPS) is 11.0. The largest absolute Gasteiger partial charge is 0.264 e. The van der Waals surface area contributed by atoms with Crippen LogP contribution in [0.1, 0.15) is 12.0 Å². The summed E-state index contributed by atoms with van der Waals surface area (Å²) in [6.45, 7) is 0. The summed E-state index contributed by atoms with van der Waals surface area (Å²) in [4.78, 5) is 0. The minimum atomic E-state index is -2.82. The number of hydrogen-bond donors (Lipinski definition) is 0. The number of rotatable bonds is 2. The molecule has 0 bridgehead atoms. The minimum Gasteiger partial charge on any atom is -0.205 e. The third kappa shape index (κ3) is 2.20. The van der Waals surface area contributed by atoms with E-state index in [1.54, 1.807) is 0 Å². The van der Waals surface area contributed by atoms with Crippen LogP contribution in [0.4, 0.5) is 17.6 Å². The van der Waals surface area contributed by atoms with Crippen LogP contribution in [0.25, 0.3) is 11.1 Å². The smallest absolute Gasteiger partial charge is 0.205 e. The van der Waals surface area contributed by atoms with Crippen LogP contribution in [0.2, 0.25) is 5.02 Å². The summed E-state index contributed by atoms with van der Waals surface area (Å²) < 4.78 is 52.5. The summed E-state index contributed by atoms with van der Waals surface area (Å²) in [7, 11) is 0. The summed E-state index contributed by atoms with van der Waals surface area (Å²) >= 11 is 5.81. The SMILES string of the molecule is Fc1cccc(-c2c(Cl)cccc2C(F)F)c1F. The van der Waals surface area contributed by atoms with Crippen LogP contribution in [0.15, 0.2) is 36.4 Å². The maximum absolute atomic E-state index is 13.6. The molecule has 5 heteroatoms. The molecule has 94 valence electrons. The summed E-state index contributed by atoms with van der Waals surface area (Å²) in [6.07, 6.45) is -2.82. The summed E-state index contributed by atoms with van der Waals surface area (Å²) in [5, 5.41) is -0.0442. The summed E-state index contributed by atoms with van der Waals surface area (Å²) in [6, 6.07) is 7.20. The molecule has 2 aromatic rings. The van der Waals surface area contributed by atoms with Crippen molar-refractivity contribution in [1.82, 2.24) is 0 Å². The molecule has 0 unspecified atom stereocenters. The zero-order chi connectivity index (χ0) is 13.3. The highest BCUT2D eigenvalue weighted by Gasteiger charge is 2.20. The van der Waals surface area contributed by atoms with Gasteiger partial charge in [0, 0.05) is 21.7 Å². The predicted octanol–water partition coefficient (Wildman–Crippen LogP) is 5.22. The minimum absolute atomic E-state index is 0.0442. The van der Waals surface area contributed by atoms with E-state index < -0.39 is 23.6 Å². The van der Waals surface area contributed by atoms with Gasteiger partial charge in [-0.05, 0) is 12.1 Å². The first-order chi connectivity index (χ1) is 8.52. The molecule has 0 radical (unpaired) electrons. The molecule has 0 saturated heterocycles. The van der Waals surface area contributed by atoms with Gasteiger partial charge in [-0.3, -0.25) is 0 Å². The van der Waals surface area contributed by atoms with Gasteiger partial charge in [0.1, 0.15) is 0 Å². The monoisotopic (exact) mass is 274 g/mol. The van der Waals surface area contributed by atoms with Crippen molar-refractivity contribution in [3.05, 3.63) is 58.6 Å². The highest BCUT2D eigenvalue weighted by atomic mass is 35.5. The maximum atomic E-state index is 13.6. The number of hydrogen-bond acceptors (Lipinski definition) is 0. The lowest BCUT2D eigenvalue weighted by Gasteiger charge is -2.12. The van der Waals surface area contributed by atoms with Crippen molar-refractivity contribution in [2.45, 2.75) is 6.43 Å². The first-order valence-corrected chi connectivity index (χ1v) is 5.41. The Labute approximate surface area is 106 Å². The molecule has 0 amide bonds. The van der Waals surface area contributed by atoms with Crippen molar-refractivity contribution in [2.24, 2.45) is 0 Å². The van der Waals surface area contributed by atoms with Crippen LogP contribution in [0.5, 0.6) is 0 Å². The van der Waals surface area contributed by atoms with E-state index in [1.807, 2.05) is 0 Å². The second-order valence-electron chi connectivity index (χ2n) is 3.61. The van der Waals surface area contributed by atoms with Crippen molar-refractivity contribution in [3.8, 4) is 11.1 Å². The van der Waals surface area contributed by atoms with Crippen LogP contribution in [-0.2, 0) is 0 Å². The summed E-state index contributed by atoms with van der Waals surface area (Å²) in [5.74, 6) is -2.29. The molecule has 0 heterocycles. The second-order valence-corrected chi connectivity index (χ2v) is 4.01. The van der Waals surface area contributed by atoms with E-state index in [4.69, 9.17) is 11.6 Å². The van der Waals surface area contributed by atoms with Crippen molar-refractivity contribution in [3.63, 3.8) is 0 Å². The zero-order valence-corrected chi connectivity index (χ0v) is 9.69. The quantitative estimate of drug-likeness (QED) is 0.658. The molecule has 0 spiro atoms. The molecule has 0 N–H and O–H groups in total. The van der Waals surface area contributed by atoms with E-state index in [9.17, 15) is 17.6 Å². The summed E-state index contributed by atoms with van der Waals surface area (Å²) in [5.41, 5.74) is -0.867. The van der Waals surface area contributed by atoms with Gasteiger partial charge in [-0.1, -0.05) is 35.9 Å². The van der Waals surface area contributed by atoms with Crippen LogP contribution in [-0.4, -0.2) is 0 Å². The van der Waals surface area contributed by atoms with E-state index in [-0.39, 0.29) is 16.1 Å². The topological polar surface area (TPSA) is 0 Å². The number of halogens is 5. The van der Waals surface area contributed by atoms with E-state index in [0.29, 0.717) is 0 Å². The number of alkyl halides is 2. The fourth-order valence-corrected chi connectivity index (χ4v) is 1.99. The van der Waals surface area contributed by atoms with Gasteiger partial charge in [-0.15, -0.1) is 0 Å². The average Bonchev–Trinajstić information content (AvgIpc) is 2.33. The Bertz CT molecular complexity index is 581. The first-order valence-electron chi connectivity index (χ1n) is 5.03. The van der Waals surface area contributed by atoms with Crippen LogP contribution < -0.4 is 0 Å². The molecule has 18 heavy (non-hydrogen) atoms. The predicted molar refractivity (Wildman–Crippen MR) is 61.8 cm³/mol. The van der Waals surface area contributed by atoms with Crippen LogP contribution in [0.3, 0.4) is 0 Å². The van der Waals surface area contributed by atoms with Gasteiger partial charge in [0.05, 0.1) is 0 Å². The van der Waals surface area contributed by atoms with E-state index in [0.717, 1.165) is 12.1 Å². The van der Waals surface area contributed by atoms with Crippen molar-refractivity contribution in [1.29, 1.82) is 0 Å². The molecule has 0 atom stereocenters. The Balaban J connectivity index is 2.74. The molecule has 0 aliphatic rings. The van der Waals surface area contributed by atoms with Crippen molar-refractivity contribution >= 4 is 11.6 Å². The van der Waals surface area contributed by atoms with Crippen molar-refractivity contribution < 1.29 is 17.6 Å². The highest BCUT2D eigenvalue weighted by molar-refractivity contribution is 6.33. The lowest BCUT2D eigenvalue weighted by atomic mass is 9.99. The molecule has 0 aliphatic carbocycles. The maximum Gasteiger partial charge on any atom is 0.264 e. The fourth-order valence-electron chi connectivity index (χ4n) is 1.70. The third-order valence-corrected chi connectivity index (χ3v) is 2.82. The average molecular weight is 275 g/mol. The van der Waals surface area contributed by atoms with Gasteiger partial charge in [0.25, 0.3) is 6.43 Å². The molecule has 0 aliphatic heterocycles. The molecule has 2 aromatic carbocycles. The zero-order valence-electron chi connectivity index (χ0n) is 8.93. The molecule has 2 rings (SSSR count). The van der Waals surface area contributed by atoms with E-state index in [1.165, 1.54) is 24.3 Å². The Morgan fingerprint density at radius 3 is 2.28 bits per heavy atom.